The van der Waals surface area contributed by atoms with Crippen molar-refractivity contribution in [2.24, 2.45) is 20.5 Å². The lowest BCUT2D eigenvalue weighted by Gasteiger charge is -2.06. The van der Waals surface area contributed by atoms with E-state index in [2.05, 4.69) is 64.3 Å². The molecule has 0 radical (unpaired) electrons. The summed E-state index contributed by atoms with van der Waals surface area (Å²) in [5.41, 5.74) is 15.8. The molecule has 7 rings (SSSR count). The largest absolute Gasteiger partial charge is 0.479 e. The maximum Gasteiger partial charge on any atom is 0.320 e. The number of benzene rings is 2. The number of anilines is 2. The molecular weight excluding hydrogens is 643 g/mol. The fraction of sp³-hybridized carbons (Fsp3) is 0.0741. The van der Waals surface area contributed by atoms with E-state index < -0.39 is 6.01 Å². The molecule has 5 heterocycles. The first-order valence-corrected chi connectivity index (χ1v) is 15.2. The van der Waals surface area contributed by atoms with Crippen molar-refractivity contribution in [2.45, 2.75) is 13.8 Å². The van der Waals surface area contributed by atoms with E-state index in [9.17, 15) is 5.11 Å². The molecule has 0 spiro atoms. The summed E-state index contributed by atoms with van der Waals surface area (Å²) in [6, 6.07) is 18.4. The van der Waals surface area contributed by atoms with Crippen molar-refractivity contribution in [3.8, 4) is 40.7 Å². The minimum absolute atomic E-state index is 0.0571. The Morgan fingerprint density at radius 1 is 0.596 bits per heavy atom. The molecular formula is C27H21N17OS2. The van der Waals surface area contributed by atoms with Crippen LogP contribution in [0.4, 0.5) is 33.3 Å². The first kappa shape index (κ1) is 29.3. The summed E-state index contributed by atoms with van der Waals surface area (Å²) in [5.74, 6) is 0.953. The second kappa shape index (κ2) is 12.2. The number of nitrogens with two attached hydrogens (primary N) is 2. The number of nitrogens with zero attached hydrogens (tertiary/aromatic N) is 15. The van der Waals surface area contributed by atoms with Gasteiger partial charge in [0, 0.05) is 34.2 Å². The fourth-order valence-corrected chi connectivity index (χ4v) is 5.30. The van der Waals surface area contributed by atoms with Crippen molar-refractivity contribution in [3.05, 3.63) is 72.1 Å². The van der Waals surface area contributed by atoms with Gasteiger partial charge < -0.3 is 16.6 Å². The molecule has 232 valence electrons. The van der Waals surface area contributed by atoms with Gasteiger partial charge in [0.05, 0.1) is 11.4 Å². The SMILES string of the molecule is Cc1nn(-c2nc(O)nc(-n3nc(C)c(N=Nc4nc(-c5ccccc5)ns4)c3N)n2)c(N)c1N=Nc1nc(-c2ccccc2)ns1. The molecule has 47 heavy (non-hydrogen) atoms. The molecule has 0 aliphatic heterocycles. The quantitative estimate of drug-likeness (QED) is 0.168. The van der Waals surface area contributed by atoms with E-state index in [4.69, 9.17) is 11.5 Å². The summed E-state index contributed by atoms with van der Waals surface area (Å²) in [6.45, 7) is 3.37. The van der Waals surface area contributed by atoms with Gasteiger partial charge in [-0.15, -0.1) is 20.5 Å². The van der Waals surface area contributed by atoms with Crippen LogP contribution >= 0.6 is 23.1 Å². The predicted molar refractivity (Wildman–Crippen MR) is 173 cm³/mol. The highest BCUT2D eigenvalue weighted by Crippen LogP contribution is 2.33. The van der Waals surface area contributed by atoms with Crippen LogP contribution < -0.4 is 11.5 Å². The summed E-state index contributed by atoms with van der Waals surface area (Å²) in [5, 5.41) is 36.7. The smallest absolute Gasteiger partial charge is 0.320 e. The van der Waals surface area contributed by atoms with E-state index >= 15 is 0 Å². The molecule has 0 saturated carbocycles. The van der Waals surface area contributed by atoms with Crippen molar-refractivity contribution in [1.82, 2.24) is 53.2 Å². The van der Waals surface area contributed by atoms with Gasteiger partial charge in [-0.25, -0.2) is 0 Å². The highest BCUT2D eigenvalue weighted by molar-refractivity contribution is 7.09. The summed E-state index contributed by atoms with van der Waals surface area (Å²) in [6.07, 6.45) is 0. The van der Waals surface area contributed by atoms with Gasteiger partial charge in [0.1, 0.15) is 0 Å². The number of hydrogen-bond donors (Lipinski definition) is 3. The Balaban J connectivity index is 1.15. The van der Waals surface area contributed by atoms with Gasteiger partial charge in [0.2, 0.25) is 10.3 Å². The number of aromatic nitrogens is 11. The standard InChI is InChI=1S/C27H21N17OS2/c1-13-17(35-37-26-30-21(41-46-26)15-9-5-3-6-10-15)19(28)43(39-13)23-32-24(34-25(45)33-23)44-20(29)18(14(2)40-44)36-38-27-31-22(42-47-27)16-11-7-4-8-12-16/h3-12H,28-29H2,1-2H3,(H,32,33,34,45). The van der Waals surface area contributed by atoms with Crippen molar-refractivity contribution in [1.29, 1.82) is 0 Å². The lowest BCUT2D eigenvalue weighted by atomic mass is 10.2. The average molecular weight is 664 g/mol. The highest BCUT2D eigenvalue weighted by Gasteiger charge is 2.21. The number of aromatic hydroxyl groups is 1. The molecule has 18 nitrogen and oxygen atoms in total. The minimum atomic E-state index is -0.624. The zero-order chi connectivity index (χ0) is 32.5. The van der Waals surface area contributed by atoms with Crippen LogP contribution in [0.5, 0.6) is 6.01 Å². The van der Waals surface area contributed by atoms with Crippen molar-refractivity contribution >= 4 is 56.3 Å². The summed E-state index contributed by atoms with van der Waals surface area (Å²) in [7, 11) is 0. The molecule has 0 fully saturated rings. The van der Waals surface area contributed by atoms with E-state index in [0.29, 0.717) is 33.3 Å². The normalized spacial score (nSPS) is 11.7. The van der Waals surface area contributed by atoms with Crippen LogP contribution in [-0.4, -0.2) is 58.3 Å². The maximum atomic E-state index is 10.4. The number of aryl methyl sites for hydroxylation is 2. The van der Waals surface area contributed by atoms with Crippen LogP contribution in [0.15, 0.2) is 81.1 Å². The number of hydrogen-bond acceptors (Lipinski definition) is 18. The van der Waals surface area contributed by atoms with E-state index in [1.807, 2.05) is 60.7 Å². The van der Waals surface area contributed by atoms with Gasteiger partial charge >= 0.3 is 6.01 Å². The fourth-order valence-electron chi connectivity index (χ4n) is 4.27. The Morgan fingerprint density at radius 3 is 1.45 bits per heavy atom. The van der Waals surface area contributed by atoms with E-state index in [-0.39, 0.29) is 34.9 Å². The van der Waals surface area contributed by atoms with Gasteiger partial charge in [0.25, 0.3) is 11.9 Å². The van der Waals surface area contributed by atoms with Gasteiger partial charge in [0.15, 0.2) is 34.7 Å². The minimum Gasteiger partial charge on any atom is -0.479 e. The van der Waals surface area contributed by atoms with Crippen LogP contribution in [0, 0.1) is 13.8 Å². The molecule has 0 bridgehead atoms. The Kier molecular flexibility index (Phi) is 7.59. The predicted octanol–water partition coefficient (Wildman–Crippen LogP) is 5.60. The number of rotatable bonds is 8. The molecule has 0 saturated heterocycles. The highest BCUT2D eigenvalue weighted by atomic mass is 32.1. The Labute approximate surface area is 272 Å². The lowest BCUT2D eigenvalue weighted by Crippen LogP contribution is -2.13. The molecule has 20 heteroatoms. The third-order valence-corrected chi connectivity index (χ3v) is 7.67. The van der Waals surface area contributed by atoms with Gasteiger partial charge in [-0.2, -0.15) is 53.2 Å². The zero-order valence-corrected chi connectivity index (χ0v) is 26.0. The third-order valence-electron chi connectivity index (χ3n) is 6.47. The lowest BCUT2D eigenvalue weighted by molar-refractivity contribution is 0.423. The molecule has 2 aromatic carbocycles. The van der Waals surface area contributed by atoms with Crippen molar-refractivity contribution in [2.75, 3.05) is 11.5 Å². The Hall–Kier alpha value is -6.41. The van der Waals surface area contributed by atoms with Crippen LogP contribution in [0.25, 0.3) is 34.7 Å². The second-order valence-electron chi connectivity index (χ2n) is 9.63. The van der Waals surface area contributed by atoms with Gasteiger partial charge in [-0.3, -0.25) is 0 Å². The van der Waals surface area contributed by atoms with E-state index in [0.717, 1.165) is 34.2 Å². The first-order chi connectivity index (χ1) is 22.8. The molecule has 5 N–H and O–H groups in total. The Bertz CT molecular complexity index is 2110. The Morgan fingerprint density at radius 2 is 1.02 bits per heavy atom. The molecule has 0 aliphatic rings. The van der Waals surface area contributed by atoms with Crippen LogP contribution in [-0.2, 0) is 0 Å². The second-order valence-corrected chi connectivity index (χ2v) is 11.1. The van der Waals surface area contributed by atoms with Crippen LogP contribution in [0.1, 0.15) is 11.4 Å². The molecule has 5 aromatic heterocycles. The summed E-state index contributed by atoms with van der Waals surface area (Å²) in [4.78, 5) is 21.2. The number of azo groups is 2. The van der Waals surface area contributed by atoms with Gasteiger partial charge in [-0.05, 0) is 13.8 Å². The first-order valence-electron chi connectivity index (χ1n) is 13.6. The summed E-state index contributed by atoms with van der Waals surface area (Å²) >= 11 is 2.18. The molecule has 7 aromatic rings. The molecule has 0 aliphatic carbocycles. The topological polar surface area (TPSA) is 248 Å². The van der Waals surface area contributed by atoms with Crippen LogP contribution in [0.2, 0.25) is 0 Å². The van der Waals surface area contributed by atoms with Crippen LogP contribution in [0.3, 0.4) is 0 Å². The monoisotopic (exact) mass is 663 g/mol. The number of nitrogen functional groups attached to an aromatic ring is 2. The maximum absolute atomic E-state index is 10.4. The van der Waals surface area contributed by atoms with Crippen molar-refractivity contribution in [3.63, 3.8) is 0 Å². The molecule has 0 atom stereocenters. The third kappa shape index (κ3) is 5.87. The zero-order valence-electron chi connectivity index (χ0n) is 24.4. The summed E-state index contributed by atoms with van der Waals surface area (Å²) < 4.78 is 11.0. The molecule has 0 amide bonds. The van der Waals surface area contributed by atoms with E-state index in [1.54, 1.807) is 13.8 Å². The average Bonchev–Trinajstić information content (AvgIpc) is 3.87. The van der Waals surface area contributed by atoms with Gasteiger partial charge in [-0.1, -0.05) is 60.7 Å². The van der Waals surface area contributed by atoms with E-state index in [1.165, 1.54) is 9.36 Å². The molecule has 0 unspecified atom stereocenters. The van der Waals surface area contributed by atoms with Crippen molar-refractivity contribution < 1.29 is 5.11 Å².